The molecular formula is C15H22O. The minimum atomic E-state index is 0.327. The smallest absolute Gasteiger partial charge is 0.158 e. The molecule has 0 N–H and O–H groups in total. The number of hydrogen-bond acceptors (Lipinski definition) is 1. The number of ketones is 1. The monoisotopic (exact) mass is 218 g/mol. The van der Waals surface area contributed by atoms with Crippen molar-refractivity contribution in [2.75, 3.05) is 0 Å². The number of fused-ring (bicyclic) bond motifs is 1. The Balaban J connectivity index is 2.22. The van der Waals surface area contributed by atoms with Gasteiger partial charge >= 0.3 is 0 Å². The fourth-order valence-corrected chi connectivity index (χ4v) is 3.23. The zero-order valence-electron chi connectivity index (χ0n) is 10.7. The Morgan fingerprint density at radius 1 is 1.44 bits per heavy atom. The zero-order chi connectivity index (χ0) is 11.9. The van der Waals surface area contributed by atoms with Gasteiger partial charge in [-0.25, -0.2) is 0 Å². The van der Waals surface area contributed by atoms with E-state index in [1.807, 2.05) is 6.92 Å². The first kappa shape index (κ1) is 11.6. The lowest BCUT2D eigenvalue weighted by Gasteiger charge is -2.52. The third-order valence-electron chi connectivity index (χ3n) is 4.52. The van der Waals surface area contributed by atoms with Crippen LogP contribution in [0.2, 0.25) is 0 Å². The molecule has 0 spiro atoms. The molecule has 1 fully saturated rings. The van der Waals surface area contributed by atoms with E-state index in [1.54, 1.807) is 0 Å². The molecule has 88 valence electrons. The van der Waals surface area contributed by atoms with Crippen molar-refractivity contribution < 1.29 is 4.79 Å². The lowest BCUT2D eigenvalue weighted by atomic mass is 9.52. The van der Waals surface area contributed by atoms with Crippen molar-refractivity contribution >= 4 is 5.78 Å². The van der Waals surface area contributed by atoms with E-state index in [4.69, 9.17) is 0 Å². The Hall–Kier alpha value is -0.850. The molecule has 0 heterocycles. The van der Waals surface area contributed by atoms with E-state index >= 15 is 0 Å². The molecule has 2 aliphatic rings. The molecule has 0 aromatic carbocycles. The maximum atomic E-state index is 12.0. The predicted octanol–water partition coefficient (Wildman–Crippen LogP) is 3.90. The summed E-state index contributed by atoms with van der Waals surface area (Å²) < 4.78 is 0. The summed E-state index contributed by atoms with van der Waals surface area (Å²) in [5.41, 5.74) is 2.65. The van der Waals surface area contributed by atoms with E-state index < -0.39 is 0 Å². The Kier molecular flexibility index (Phi) is 2.81. The Bertz CT molecular complexity index is 360. The summed E-state index contributed by atoms with van der Waals surface area (Å²) in [6.07, 6.45) is 6.06. The SMILES string of the molecule is C=C1CC/C=C(/C)C(=O)CC2C1CC2(C)C. The second kappa shape index (κ2) is 3.87. The highest BCUT2D eigenvalue weighted by molar-refractivity contribution is 5.95. The van der Waals surface area contributed by atoms with Gasteiger partial charge in [-0.05, 0) is 49.0 Å². The van der Waals surface area contributed by atoms with Crippen LogP contribution in [0.3, 0.4) is 0 Å². The molecule has 16 heavy (non-hydrogen) atoms. The van der Waals surface area contributed by atoms with Gasteiger partial charge in [0.2, 0.25) is 0 Å². The van der Waals surface area contributed by atoms with Gasteiger partial charge in [-0.15, -0.1) is 0 Å². The summed E-state index contributed by atoms with van der Waals surface area (Å²) in [4.78, 5) is 12.0. The van der Waals surface area contributed by atoms with Crippen molar-refractivity contribution in [3.8, 4) is 0 Å². The second-order valence-corrected chi connectivity index (χ2v) is 6.12. The van der Waals surface area contributed by atoms with Crippen LogP contribution < -0.4 is 0 Å². The summed E-state index contributed by atoms with van der Waals surface area (Å²) in [6.45, 7) is 10.7. The van der Waals surface area contributed by atoms with Crippen LogP contribution in [0.4, 0.5) is 0 Å². The fourth-order valence-electron chi connectivity index (χ4n) is 3.23. The van der Waals surface area contributed by atoms with E-state index in [9.17, 15) is 4.79 Å². The lowest BCUT2D eigenvalue weighted by Crippen LogP contribution is -2.45. The third-order valence-corrected chi connectivity index (χ3v) is 4.52. The van der Waals surface area contributed by atoms with Crippen LogP contribution in [0.1, 0.15) is 46.5 Å². The Labute approximate surface area is 98.6 Å². The van der Waals surface area contributed by atoms with Crippen molar-refractivity contribution in [1.82, 2.24) is 0 Å². The van der Waals surface area contributed by atoms with Crippen LogP contribution >= 0.6 is 0 Å². The average Bonchev–Trinajstić information content (AvgIpc) is 2.24. The first-order valence-corrected chi connectivity index (χ1v) is 6.29. The minimum absolute atomic E-state index is 0.327. The van der Waals surface area contributed by atoms with Crippen molar-refractivity contribution in [3.05, 3.63) is 23.8 Å². The van der Waals surface area contributed by atoms with Gasteiger partial charge in [0.1, 0.15) is 0 Å². The van der Waals surface area contributed by atoms with Crippen LogP contribution in [-0.2, 0) is 4.79 Å². The van der Waals surface area contributed by atoms with Crippen LogP contribution in [0.5, 0.6) is 0 Å². The summed E-state index contributed by atoms with van der Waals surface area (Å²) in [6, 6.07) is 0. The fraction of sp³-hybridized carbons (Fsp3) is 0.667. The van der Waals surface area contributed by atoms with Gasteiger partial charge in [-0.1, -0.05) is 32.1 Å². The topological polar surface area (TPSA) is 17.1 Å². The molecule has 0 radical (unpaired) electrons. The molecule has 0 bridgehead atoms. The van der Waals surface area contributed by atoms with E-state index in [1.165, 1.54) is 12.0 Å². The summed E-state index contributed by atoms with van der Waals surface area (Å²) in [7, 11) is 0. The average molecular weight is 218 g/mol. The maximum Gasteiger partial charge on any atom is 0.158 e. The van der Waals surface area contributed by atoms with Crippen LogP contribution in [0, 0.1) is 17.3 Å². The third kappa shape index (κ3) is 1.88. The van der Waals surface area contributed by atoms with Crippen molar-refractivity contribution in [1.29, 1.82) is 0 Å². The first-order valence-electron chi connectivity index (χ1n) is 6.29. The van der Waals surface area contributed by atoms with E-state index in [2.05, 4.69) is 26.5 Å². The molecule has 0 saturated heterocycles. The van der Waals surface area contributed by atoms with Crippen molar-refractivity contribution in [2.24, 2.45) is 17.3 Å². The summed E-state index contributed by atoms with van der Waals surface area (Å²) in [5.74, 6) is 1.46. The minimum Gasteiger partial charge on any atom is -0.295 e. The van der Waals surface area contributed by atoms with Gasteiger partial charge in [-0.3, -0.25) is 4.79 Å². The maximum absolute atomic E-state index is 12.0. The van der Waals surface area contributed by atoms with E-state index in [0.717, 1.165) is 24.8 Å². The molecule has 1 heteroatoms. The standard InChI is InChI=1S/C15H22O/c1-10-6-5-7-11(2)14(16)8-13-12(10)9-15(13,3)4/h7,12-13H,1,5-6,8-9H2,2-4H3/b11-7-. The van der Waals surface area contributed by atoms with Gasteiger partial charge in [0.05, 0.1) is 0 Å². The molecule has 0 aliphatic heterocycles. The Morgan fingerprint density at radius 3 is 2.75 bits per heavy atom. The van der Waals surface area contributed by atoms with Crippen LogP contribution in [-0.4, -0.2) is 5.78 Å². The van der Waals surface area contributed by atoms with Crippen molar-refractivity contribution in [2.45, 2.75) is 46.5 Å². The van der Waals surface area contributed by atoms with Gasteiger partial charge in [-0.2, -0.15) is 0 Å². The molecule has 0 aromatic rings. The Morgan fingerprint density at radius 2 is 2.12 bits per heavy atom. The molecule has 0 aromatic heterocycles. The summed E-state index contributed by atoms with van der Waals surface area (Å²) in [5, 5.41) is 0. The second-order valence-electron chi connectivity index (χ2n) is 6.12. The summed E-state index contributed by atoms with van der Waals surface area (Å²) >= 11 is 0. The van der Waals surface area contributed by atoms with E-state index in [0.29, 0.717) is 23.0 Å². The number of carbonyl (C=O) groups excluding carboxylic acids is 1. The lowest BCUT2D eigenvalue weighted by molar-refractivity contribution is -0.120. The molecule has 2 unspecified atom stereocenters. The van der Waals surface area contributed by atoms with Crippen LogP contribution in [0.25, 0.3) is 0 Å². The molecule has 2 aliphatic carbocycles. The zero-order valence-corrected chi connectivity index (χ0v) is 10.7. The number of hydrogen-bond donors (Lipinski definition) is 0. The first-order chi connectivity index (χ1) is 7.42. The number of rotatable bonds is 0. The molecular weight excluding hydrogens is 196 g/mol. The molecule has 0 amide bonds. The van der Waals surface area contributed by atoms with Crippen molar-refractivity contribution in [3.63, 3.8) is 0 Å². The quantitative estimate of drug-likeness (QED) is 0.563. The van der Waals surface area contributed by atoms with Gasteiger partial charge in [0.25, 0.3) is 0 Å². The number of Topliss-reactive ketones (excluding diaryl/α,β-unsaturated/α-hetero) is 1. The number of allylic oxidation sites excluding steroid dienone is 3. The highest BCUT2D eigenvalue weighted by Crippen LogP contribution is 2.56. The van der Waals surface area contributed by atoms with E-state index in [-0.39, 0.29) is 0 Å². The number of carbonyl (C=O) groups is 1. The van der Waals surface area contributed by atoms with Gasteiger partial charge in [0, 0.05) is 6.42 Å². The molecule has 1 nitrogen and oxygen atoms in total. The predicted molar refractivity (Wildman–Crippen MR) is 67.1 cm³/mol. The molecule has 2 atom stereocenters. The largest absolute Gasteiger partial charge is 0.295 e. The molecule has 1 saturated carbocycles. The highest BCUT2D eigenvalue weighted by Gasteiger charge is 2.48. The highest BCUT2D eigenvalue weighted by atomic mass is 16.1. The van der Waals surface area contributed by atoms with Crippen LogP contribution in [0.15, 0.2) is 23.8 Å². The van der Waals surface area contributed by atoms with Gasteiger partial charge < -0.3 is 0 Å². The normalized spacial score (nSPS) is 37.3. The van der Waals surface area contributed by atoms with Gasteiger partial charge in [0.15, 0.2) is 5.78 Å². The molecule has 2 rings (SSSR count).